The van der Waals surface area contributed by atoms with Gasteiger partial charge in [0.1, 0.15) is 0 Å². The molecule has 0 aromatic heterocycles. The van der Waals surface area contributed by atoms with Crippen LogP contribution in [0.25, 0.3) is 11.6 Å². The van der Waals surface area contributed by atoms with Crippen LogP contribution in [-0.4, -0.2) is 15.0 Å². The highest BCUT2D eigenvalue weighted by Crippen LogP contribution is 2.19. The summed E-state index contributed by atoms with van der Waals surface area (Å²) in [5, 5.41) is 0. The van der Waals surface area contributed by atoms with E-state index in [1.54, 1.807) is 24.3 Å². The fraction of sp³-hybridized carbons (Fsp3) is 0.0909. The lowest BCUT2D eigenvalue weighted by molar-refractivity contribution is 0.586. The third-order valence-electron chi connectivity index (χ3n) is 4.07. The third-order valence-corrected chi connectivity index (χ3v) is 5.49. The molecule has 26 heavy (non-hydrogen) atoms. The van der Waals surface area contributed by atoms with Gasteiger partial charge in [0.2, 0.25) is 10.0 Å². The molecule has 0 unspecified atom stereocenters. The second-order valence-corrected chi connectivity index (χ2v) is 7.85. The zero-order chi connectivity index (χ0) is 18.4. The Morgan fingerprint density at radius 1 is 0.846 bits per heavy atom. The van der Waals surface area contributed by atoms with Crippen LogP contribution < -0.4 is 4.72 Å². The van der Waals surface area contributed by atoms with Crippen molar-refractivity contribution in [2.45, 2.75) is 11.8 Å². The van der Waals surface area contributed by atoms with Crippen molar-refractivity contribution in [2.24, 2.45) is 0 Å². The fourth-order valence-corrected chi connectivity index (χ4v) is 3.62. The number of hydrogen-bond acceptors (Lipinski definition) is 2. The third kappa shape index (κ3) is 4.69. The minimum Gasteiger partial charge on any atom is -0.207 e. The average Bonchev–Trinajstić information content (AvgIpc) is 2.67. The van der Waals surface area contributed by atoms with E-state index in [9.17, 15) is 8.42 Å². The molecule has 3 rings (SSSR count). The van der Waals surface area contributed by atoms with Crippen molar-refractivity contribution < 1.29 is 8.42 Å². The number of nitrogens with one attached hydrogen (secondary N) is 1. The molecule has 0 aliphatic carbocycles. The molecule has 0 atom stereocenters. The van der Waals surface area contributed by atoms with Crippen LogP contribution in [-0.2, 0) is 10.0 Å². The summed E-state index contributed by atoms with van der Waals surface area (Å²) in [6, 6.07) is 26.5. The van der Waals surface area contributed by atoms with Gasteiger partial charge in [-0.05, 0) is 41.8 Å². The summed E-state index contributed by atoms with van der Waals surface area (Å²) in [6.07, 6.45) is 2.01. The van der Waals surface area contributed by atoms with Gasteiger partial charge in [-0.2, -0.15) is 0 Å². The maximum absolute atomic E-state index is 12.6. The maximum Gasteiger partial charge on any atom is 0.240 e. The quantitative estimate of drug-likeness (QED) is 0.655. The van der Waals surface area contributed by atoms with Gasteiger partial charge in [0.25, 0.3) is 0 Å². The number of sulfonamides is 1. The molecule has 0 amide bonds. The van der Waals surface area contributed by atoms with E-state index in [2.05, 4.69) is 4.72 Å². The molecule has 1 N–H and O–H groups in total. The van der Waals surface area contributed by atoms with Crippen LogP contribution >= 0.6 is 0 Å². The van der Waals surface area contributed by atoms with Crippen LogP contribution in [0.15, 0.2) is 89.8 Å². The predicted octanol–water partition coefficient (Wildman–Crippen LogP) is 4.51. The number of aryl methyl sites for hydroxylation is 1. The monoisotopic (exact) mass is 363 g/mol. The van der Waals surface area contributed by atoms with Gasteiger partial charge in [0.15, 0.2) is 0 Å². The molecule has 0 spiro atoms. The highest BCUT2D eigenvalue weighted by atomic mass is 32.2. The van der Waals surface area contributed by atoms with Gasteiger partial charge >= 0.3 is 0 Å². The number of hydrogen-bond donors (Lipinski definition) is 1. The first-order valence-electron chi connectivity index (χ1n) is 8.42. The first-order valence-corrected chi connectivity index (χ1v) is 9.90. The van der Waals surface area contributed by atoms with Crippen molar-refractivity contribution in [3.05, 3.63) is 102 Å². The summed E-state index contributed by atoms with van der Waals surface area (Å²) in [7, 11) is -3.56. The highest BCUT2D eigenvalue weighted by Gasteiger charge is 2.14. The van der Waals surface area contributed by atoms with Crippen LogP contribution in [0, 0.1) is 6.92 Å². The van der Waals surface area contributed by atoms with E-state index in [0.29, 0.717) is 0 Å². The lowest BCUT2D eigenvalue weighted by Gasteiger charge is -2.11. The molecule has 0 fully saturated rings. The first-order chi connectivity index (χ1) is 12.5. The Balaban J connectivity index is 1.87. The molecular formula is C22H21NO2S. The van der Waals surface area contributed by atoms with Crippen molar-refractivity contribution in [3.8, 4) is 0 Å². The molecule has 0 saturated heterocycles. The lowest BCUT2D eigenvalue weighted by atomic mass is 10.0. The van der Waals surface area contributed by atoms with E-state index in [1.165, 1.54) is 0 Å². The van der Waals surface area contributed by atoms with Gasteiger partial charge in [0.05, 0.1) is 4.90 Å². The van der Waals surface area contributed by atoms with E-state index in [1.807, 2.05) is 73.7 Å². The van der Waals surface area contributed by atoms with Crippen LogP contribution in [0.1, 0.15) is 16.7 Å². The maximum atomic E-state index is 12.6. The van der Waals surface area contributed by atoms with Crippen molar-refractivity contribution >= 4 is 21.7 Å². The smallest absolute Gasteiger partial charge is 0.207 e. The van der Waals surface area contributed by atoms with Crippen molar-refractivity contribution in [1.82, 2.24) is 4.72 Å². The largest absolute Gasteiger partial charge is 0.240 e. The average molecular weight is 363 g/mol. The lowest BCUT2D eigenvalue weighted by Crippen LogP contribution is -2.25. The van der Waals surface area contributed by atoms with Crippen LogP contribution in [0.4, 0.5) is 0 Å². The molecule has 132 valence electrons. The van der Waals surface area contributed by atoms with Crippen LogP contribution in [0.2, 0.25) is 0 Å². The molecule has 3 aromatic rings. The summed E-state index contributed by atoms with van der Waals surface area (Å²) in [5.74, 6) is 0. The van der Waals surface area contributed by atoms with Gasteiger partial charge in [-0.25, -0.2) is 13.1 Å². The Hall–Kier alpha value is -2.69. The molecular weight excluding hydrogens is 342 g/mol. The minimum absolute atomic E-state index is 0.217. The topological polar surface area (TPSA) is 46.2 Å². The summed E-state index contributed by atoms with van der Waals surface area (Å²) < 4.78 is 27.9. The predicted molar refractivity (Wildman–Crippen MR) is 107 cm³/mol. The molecule has 0 radical (unpaired) electrons. The Morgan fingerprint density at radius 3 is 2.04 bits per heavy atom. The Morgan fingerprint density at radius 2 is 1.42 bits per heavy atom. The Labute approximate surface area is 155 Å². The van der Waals surface area contributed by atoms with Crippen molar-refractivity contribution in [2.75, 3.05) is 6.54 Å². The standard InChI is InChI=1S/C22H21NO2S/c1-18-12-14-22(15-13-18)26(24,25)23-17-21(20-10-6-3-7-11-20)16-19-8-4-2-5-9-19/h2-16,23H,17H2,1H3/b21-16-. The van der Waals surface area contributed by atoms with Crippen molar-refractivity contribution in [3.63, 3.8) is 0 Å². The first kappa shape index (κ1) is 18.1. The van der Waals surface area contributed by atoms with Gasteiger partial charge in [-0.15, -0.1) is 0 Å². The van der Waals surface area contributed by atoms with E-state index < -0.39 is 10.0 Å². The summed E-state index contributed by atoms with van der Waals surface area (Å²) >= 11 is 0. The second-order valence-electron chi connectivity index (χ2n) is 6.08. The Kier molecular flexibility index (Phi) is 5.66. The van der Waals surface area contributed by atoms with Crippen LogP contribution in [0.3, 0.4) is 0 Å². The van der Waals surface area contributed by atoms with Gasteiger partial charge < -0.3 is 0 Å². The minimum atomic E-state index is -3.56. The normalized spacial score (nSPS) is 12.1. The summed E-state index contributed by atoms with van der Waals surface area (Å²) in [6.45, 7) is 2.15. The molecule has 0 bridgehead atoms. The highest BCUT2D eigenvalue weighted by molar-refractivity contribution is 7.89. The van der Waals surface area contributed by atoms with E-state index in [4.69, 9.17) is 0 Å². The molecule has 0 saturated carbocycles. The summed E-state index contributed by atoms with van der Waals surface area (Å²) in [4.78, 5) is 0.273. The molecule has 0 aliphatic rings. The zero-order valence-electron chi connectivity index (χ0n) is 14.6. The SMILES string of the molecule is Cc1ccc(S(=O)(=O)NC/C(=C/c2ccccc2)c2ccccc2)cc1. The fourth-order valence-electron chi connectivity index (χ4n) is 2.61. The van der Waals surface area contributed by atoms with Gasteiger partial charge in [-0.1, -0.05) is 78.4 Å². The van der Waals surface area contributed by atoms with E-state index in [-0.39, 0.29) is 11.4 Å². The van der Waals surface area contributed by atoms with E-state index in [0.717, 1.165) is 22.3 Å². The molecule has 0 heterocycles. The second kappa shape index (κ2) is 8.13. The molecule has 3 aromatic carbocycles. The van der Waals surface area contributed by atoms with Gasteiger partial charge in [0, 0.05) is 6.54 Å². The van der Waals surface area contributed by atoms with Gasteiger partial charge in [-0.3, -0.25) is 0 Å². The summed E-state index contributed by atoms with van der Waals surface area (Å²) in [5.41, 5.74) is 3.95. The van der Waals surface area contributed by atoms with E-state index >= 15 is 0 Å². The molecule has 4 heteroatoms. The number of benzene rings is 3. The zero-order valence-corrected chi connectivity index (χ0v) is 15.4. The Bertz CT molecular complexity index is 977. The molecule has 0 aliphatic heterocycles. The van der Waals surface area contributed by atoms with Crippen LogP contribution in [0.5, 0.6) is 0 Å². The number of rotatable bonds is 6. The van der Waals surface area contributed by atoms with Crippen molar-refractivity contribution in [1.29, 1.82) is 0 Å². The molecule has 3 nitrogen and oxygen atoms in total.